The molecule has 0 radical (unpaired) electrons. The van der Waals surface area contributed by atoms with E-state index in [1.54, 1.807) is 11.3 Å². The van der Waals surface area contributed by atoms with Gasteiger partial charge in [-0.1, -0.05) is 49.4 Å². The highest BCUT2D eigenvalue weighted by atomic mass is 32.1. The van der Waals surface area contributed by atoms with Gasteiger partial charge >= 0.3 is 0 Å². The second-order valence-corrected chi connectivity index (χ2v) is 8.56. The number of allylic oxidation sites excluding steroid dienone is 1. The average molecular weight is 415 g/mol. The normalized spacial score (nSPS) is 14.4. The van der Waals surface area contributed by atoms with Crippen LogP contribution in [0.5, 0.6) is 5.75 Å². The van der Waals surface area contributed by atoms with E-state index < -0.39 is 0 Å². The molecule has 0 saturated heterocycles. The van der Waals surface area contributed by atoms with E-state index in [1.807, 2.05) is 47.0 Å². The van der Waals surface area contributed by atoms with Gasteiger partial charge < -0.3 is 4.74 Å². The van der Waals surface area contributed by atoms with Gasteiger partial charge in [0.05, 0.1) is 5.39 Å². The first-order valence-corrected chi connectivity index (χ1v) is 11.0. The Morgan fingerprint density at radius 3 is 2.83 bits per heavy atom. The monoisotopic (exact) mass is 414 g/mol. The Morgan fingerprint density at radius 2 is 2.00 bits per heavy atom. The van der Waals surface area contributed by atoms with Crippen LogP contribution < -0.4 is 10.3 Å². The summed E-state index contributed by atoms with van der Waals surface area (Å²) in [5.74, 6) is 1.63. The molecule has 150 valence electrons. The number of ether oxygens (including phenoxy) is 1. The lowest BCUT2D eigenvalue weighted by Gasteiger charge is -2.07. The summed E-state index contributed by atoms with van der Waals surface area (Å²) >= 11 is 1.62. The SMILES string of the molecule is CCc1cc2c(=O)n3c(nc2s1)C(=Cc1cccc(OCc2ccccc2)c1)CC3. The van der Waals surface area contributed by atoms with Crippen LogP contribution in [-0.4, -0.2) is 9.55 Å². The van der Waals surface area contributed by atoms with Gasteiger partial charge in [-0.25, -0.2) is 4.98 Å². The number of thiophene rings is 1. The van der Waals surface area contributed by atoms with Crippen molar-refractivity contribution in [2.24, 2.45) is 0 Å². The predicted octanol–water partition coefficient (Wildman–Crippen LogP) is 5.54. The number of rotatable bonds is 5. The number of aryl methyl sites for hydroxylation is 1. The van der Waals surface area contributed by atoms with Crippen LogP contribution in [0.25, 0.3) is 21.9 Å². The van der Waals surface area contributed by atoms with Crippen molar-refractivity contribution in [3.63, 3.8) is 0 Å². The first-order chi connectivity index (χ1) is 14.7. The van der Waals surface area contributed by atoms with Crippen LogP contribution >= 0.6 is 11.3 Å². The van der Waals surface area contributed by atoms with Crippen LogP contribution in [0, 0.1) is 0 Å². The van der Waals surface area contributed by atoms with Crippen molar-refractivity contribution >= 4 is 33.2 Å². The van der Waals surface area contributed by atoms with E-state index in [0.29, 0.717) is 13.2 Å². The van der Waals surface area contributed by atoms with Gasteiger partial charge in [-0.3, -0.25) is 9.36 Å². The van der Waals surface area contributed by atoms with Crippen LogP contribution in [0.4, 0.5) is 0 Å². The van der Waals surface area contributed by atoms with Crippen LogP contribution in [0.15, 0.2) is 65.5 Å². The second kappa shape index (κ2) is 7.92. The van der Waals surface area contributed by atoms with E-state index in [9.17, 15) is 4.79 Å². The highest BCUT2D eigenvalue weighted by Crippen LogP contribution is 2.30. The Labute approximate surface area is 179 Å². The maximum Gasteiger partial charge on any atom is 0.262 e. The number of fused-ring (bicyclic) bond motifs is 2. The largest absolute Gasteiger partial charge is 0.489 e. The van der Waals surface area contributed by atoms with Gasteiger partial charge in [0.25, 0.3) is 5.56 Å². The number of aromatic nitrogens is 2. The average Bonchev–Trinajstić information content (AvgIpc) is 3.38. The van der Waals surface area contributed by atoms with E-state index in [1.165, 1.54) is 4.88 Å². The van der Waals surface area contributed by atoms with E-state index in [-0.39, 0.29) is 5.56 Å². The summed E-state index contributed by atoms with van der Waals surface area (Å²) in [5.41, 5.74) is 3.37. The highest BCUT2D eigenvalue weighted by Gasteiger charge is 2.22. The Balaban J connectivity index is 1.44. The molecule has 1 aliphatic heterocycles. The highest BCUT2D eigenvalue weighted by molar-refractivity contribution is 7.18. The molecule has 0 N–H and O–H groups in total. The fourth-order valence-corrected chi connectivity index (χ4v) is 4.77. The minimum atomic E-state index is 0.0781. The van der Waals surface area contributed by atoms with E-state index in [0.717, 1.165) is 51.3 Å². The zero-order valence-electron chi connectivity index (χ0n) is 16.8. The quantitative estimate of drug-likeness (QED) is 0.430. The molecule has 2 aromatic carbocycles. The van der Waals surface area contributed by atoms with Crippen LogP contribution in [0.3, 0.4) is 0 Å². The summed E-state index contributed by atoms with van der Waals surface area (Å²) < 4.78 is 7.78. The lowest BCUT2D eigenvalue weighted by Crippen LogP contribution is -2.19. The van der Waals surface area contributed by atoms with Crippen molar-refractivity contribution in [3.05, 3.63) is 92.8 Å². The smallest absolute Gasteiger partial charge is 0.262 e. The van der Waals surface area contributed by atoms with Gasteiger partial charge in [-0.05, 0) is 53.8 Å². The summed E-state index contributed by atoms with van der Waals surface area (Å²) in [7, 11) is 0. The molecule has 5 rings (SSSR count). The number of hydrogen-bond donors (Lipinski definition) is 0. The molecule has 0 spiro atoms. The van der Waals surface area contributed by atoms with Crippen LogP contribution in [0.1, 0.15) is 35.2 Å². The molecule has 0 saturated carbocycles. The van der Waals surface area contributed by atoms with Crippen molar-refractivity contribution in [2.75, 3.05) is 0 Å². The minimum absolute atomic E-state index is 0.0781. The third-order valence-corrected chi connectivity index (χ3v) is 6.56. The molecule has 0 atom stereocenters. The topological polar surface area (TPSA) is 44.1 Å². The van der Waals surface area contributed by atoms with Crippen molar-refractivity contribution in [1.82, 2.24) is 9.55 Å². The molecular weight excluding hydrogens is 392 g/mol. The molecule has 5 heteroatoms. The molecule has 0 fully saturated rings. The molecule has 0 bridgehead atoms. The Bertz CT molecular complexity index is 1300. The molecule has 0 aliphatic carbocycles. The van der Waals surface area contributed by atoms with Crippen molar-refractivity contribution in [2.45, 2.75) is 32.9 Å². The summed E-state index contributed by atoms with van der Waals surface area (Å²) in [6.45, 7) is 3.33. The Morgan fingerprint density at radius 1 is 1.13 bits per heavy atom. The summed E-state index contributed by atoms with van der Waals surface area (Å²) in [6.07, 6.45) is 3.87. The predicted molar refractivity (Wildman–Crippen MR) is 123 cm³/mol. The van der Waals surface area contributed by atoms with E-state index >= 15 is 0 Å². The molecule has 4 nitrogen and oxygen atoms in total. The van der Waals surface area contributed by atoms with Crippen molar-refractivity contribution in [3.8, 4) is 5.75 Å². The summed E-state index contributed by atoms with van der Waals surface area (Å²) in [5, 5.41) is 0.748. The maximum atomic E-state index is 12.9. The zero-order chi connectivity index (χ0) is 20.5. The fraction of sp³-hybridized carbons (Fsp3) is 0.200. The lowest BCUT2D eigenvalue weighted by atomic mass is 10.1. The van der Waals surface area contributed by atoms with Gasteiger partial charge in [0.15, 0.2) is 0 Å². The summed E-state index contributed by atoms with van der Waals surface area (Å²) in [6, 6.07) is 20.2. The van der Waals surface area contributed by atoms with E-state index in [2.05, 4.69) is 31.2 Å². The number of hydrogen-bond acceptors (Lipinski definition) is 4. The maximum absolute atomic E-state index is 12.9. The molecule has 1 aliphatic rings. The zero-order valence-corrected chi connectivity index (χ0v) is 17.6. The molecular formula is C25H22N2O2S. The van der Waals surface area contributed by atoms with Gasteiger partial charge in [0.2, 0.25) is 0 Å². The first-order valence-electron chi connectivity index (χ1n) is 10.2. The van der Waals surface area contributed by atoms with Gasteiger partial charge in [0, 0.05) is 11.4 Å². The minimum Gasteiger partial charge on any atom is -0.489 e. The van der Waals surface area contributed by atoms with Crippen LogP contribution in [-0.2, 0) is 19.6 Å². The molecule has 0 amide bonds. The Hall–Kier alpha value is -3.18. The van der Waals surface area contributed by atoms with Crippen molar-refractivity contribution < 1.29 is 4.74 Å². The molecule has 0 unspecified atom stereocenters. The number of benzene rings is 2. The molecule has 30 heavy (non-hydrogen) atoms. The van der Waals surface area contributed by atoms with Crippen molar-refractivity contribution in [1.29, 1.82) is 0 Å². The Kier molecular flexibility index (Phi) is 4.97. The third kappa shape index (κ3) is 3.57. The van der Waals surface area contributed by atoms with Crippen LogP contribution in [0.2, 0.25) is 0 Å². The summed E-state index contributed by atoms with van der Waals surface area (Å²) in [4.78, 5) is 19.8. The fourth-order valence-electron chi connectivity index (χ4n) is 3.81. The molecule has 4 aromatic rings. The number of nitrogens with zero attached hydrogens (tertiary/aromatic N) is 2. The van der Waals surface area contributed by atoms with Gasteiger partial charge in [0.1, 0.15) is 23.0 Å². The molecule has 3 heterocycles. The standard InChI is InChI=1S/C25H22N2O2S/c1-2-21-15-22-24(30-21)26-23-19(11-12-27(23)25(22)28)13-18-9-6-10-20(14-18)29-16-17-7-4-3-5-8-17/h3-10,13-15H,2,11-12,16H2,1H3. The van der Waals surface area contributed by atoms with Gasteiger partial charge in [-0.2, -0.15) is 0 Å². The third-order valence-electron chi connectivity index (χ3n) is 5.39. The first kappa shape index (κ1) is 18.8. The molecule has 2 aromatic heterocycles. The lowest BCUT2D eigenvalue weighted by molar-refractivity contribution is 0.306. The van der Waals surface area contributed by atoms with Gasteiger partial charge in [-0.15, -0.1) is 11.3 Å². The second-order valence-electron chi connectivity index (χ2n) is 7.44. The van der Waals surface area contributed by atoms with E-state index in [4.69, 9.17) is 9.72 Å².